The second-order valence-electron chi connectivity index (χ2n) is 8.33. The summed E-state index contributed by atoms with van der Waals surface area (Å²) < 4.78 is 6.19. The van der Waals surface area contributed by atoms with Gasteiger partial charge in [-0.2, -0.15) is 0 Å². The monoisotopic (exact) mass is 388 g/mol. The van der Waals surface area contributed by atoms with Crippen molar-refractivity contribution in [2.45, 2.75) is 51.7 Å². The van der Waals surface area contributed by atoms with Crippen molar-refractivity contribution in [3.05, 3.63) is 70.6 Å². The Morgan fingerprint density at radius 1 is 1.00 bits per heavy atom. The van der Waals surface area contributed by atoms with Crippen LogP contribution in [0.15, 0.2) is 53.9 Å². The average molecular weight is 388 g/mol. The molecule has 148 valence electrons. The Morgan fingerprint density at radius 3 is 2.52 bits per heavy atom. The van der Waals surface area contributed by atoms with Crippen molar-refractivity contribution >= 4 is 17.5 Å². The Kier molecular flexibility index (Phi) is 4.26. The Bertz CT molecular complexity index is 1020. The van der Waals surface area contributed by atoms with Crippen molar-refractivity contribution in [1.82, 2.24) is 4.98 Å². The number of ether oxygens (including phenoxy) is 1. The van der Waals surface area contributed by atoms with E-state index in [-0.39, 0.29) is 29.5 Å². The smallest absolute Gasteiger partial charge is 0.295 e. The molecule has 1 saturated carbocycles. The van der Waals surface area contributed by atoms with Gasteiger partial charge in [0.05, 0.1) is 17.5 Å². The van der Waals surface area contributed by atoms with Gasteiger partial charge in [-0.3, -0.25) is 14.5 Å². The minimum absolute atomic E-state index is 0.0741. The molecule has 1 aliphatic carbocycles. The summed E-state index contributed by atoms with van der Waals surface area (Å²) in [5, 5.41) is 0. The lowest BCUT2D eigenvalue weighted by atomic mass is 9.77. The number of anilines is 1. The summed E-state index contributed by atoms with van der Waals surface area (Å²) in [6.45, 7) is 3.99. The number of carbonyl (C=O) groups is 2. The highest BCUT2D eigenvalue weighted by atomic mass is 16.5. The molecule has 1 aromatic heterocycles. The van der Waals surface area contributed by atoms with Crippen molar-refractivity contribution in [3.63, 3.8) is 0 Å². The lowest BCUT2D eigenvalue weighted by Crippen LogP contribution is -2.39. The van der Waals surface area contributed by atoms with Gasteiger partial charge >= 0.3 is 0 Å². The van der Waals surface area contributed by atoms with Crippen LogP contribution in [0.5, 0.6) is 0 Å². The number of hydrogen-bond donors (Lipinski definition) is 0. The van der Waals surface area contributed by atoms with Crippen LogP contribution in [0.3, 0.4) is 0 Å². The largest absolute Gasteiger partial charge is 0.483 e. The quantitative estimate of drug-likeness (QED) is 0.774. The molecule has 3 aliphatic rings. The van der Waals surface area contributed by atoms with E-state index < -0.39 is 6.04 Å². The predicted octanol–water partition coefficient (Wildman–Crippen LogP) is 4.20. The Balaban J connectivity index is 1.66. The Labute approximate surface area is 170 Å². The molecule has 0 saturated heterocycles. The van der Waals surface area contributed by atoms with Gasteiger partial charge in [0.15, 0.2) is 11.5 Å². The van der Waals surface area contributed by atoms with E-state index in [1.54, 1.807) is 11.1 Å². The fourth-order valence-electron chi connectivity index (χ4n) is 4.80. The highest BCUT2D eigenvalue weighted by molar-refractivity contribution is 6.17. The molecular weight excluding hydrogens is 364 g/mol. The Hall–Kier alpha value is -2.95. The number of ketones is 1. The number of aryl methyl sites for hydroxylation is 2. The maximum Gasteiger partial charge on any atom is 0.295 e. The molecule has 2 aromatic rings. The van der Waals surface area contributed by atoms with E-state index in [1.807, 2.05) is 50.2 Å². The summed E-state index contributed by atoms with van der Waals surface area (Å²) in [5.74, 6) is 0.445. The first kappa shape index (κ1) is 18.1. The van der Waals surface area contributed by atoms with Crippen molar-refractivity contribution in [3.8, 4) is 0 Å². The van der Waals surface area contributed by atoms with Gasteiger partial charge in [0.1, 0.15) is 11.9 Å². The van der Waals surface area contributed by atoms with Crippen LogP contribution in [0.25, 0.3) is 0 Å². The maximum absolute atomic E-state index is 13.5. The van der Waals surface area contributed by atoms with Crippen LogP contribution >= 0.6 is 0 Å². The van der Waals surface area contributed by atoms with Crippen LogP contribution in [0, 0.1) is 19.8 Å². The highest BCUT2D eigenvalue weighted by Gasteiger charge is 2.52. The van der Waals surface area contributed by atoms with E-state index in [9.17, 15) is 9.59 Å². The van der Waals surface area contributed by atoms with Crippen molar-refractivity contribution in [2.75, 3.05) is 4.90 Å². The Morgan fingerprint density at radius 2 is 1.76 bits per heavy atom. The summed E-state index contributed by atoms with van der Waals surface area (Å²) in [4.78, 5) is 33.1. The fourth-order valence-corrected chi connectivity index (χ4v) is 4.80. The van der Waals surface area contributed by atoms with Gasteiger partial charge < -0.3 is 4.74 Å². The standard InChI is InChI=1S/C24H24N2O3/c1-14-7-9-16(10-8-14)21-20-22(27)17-5-3-4-6-18(17)29-23(20)24(28)26(21)19-13-15(2)11-12-25-19/h7-13,17-18,21H,3-6H2,1-2H3. The molecule has 5 heteroatoms. The van der Waals surface area contributed by atoms with Crippen LogP contribution in [-0.4, -0.2) is 22.8 Å². The van der Waals surface area contributed by atoms with Crippen molar-refractivity contribution in [2.24, 2.45) is 5.92 Å². The minimum Gasteiger partial charge on any atom is -0.483 e. The molecule has 0 radical (unpaired) electrons. The lowest BCUT2D eigenvalue weighted by molar-refractivity contribution is -0.131. The number of nitrogens with zero attached hydrogens (tertiary/aromatic N) is 2. The van der Waals surface area contributed by atoms with Crippen LogP contribution < -0.4 is 4.90 Å². The molecule has 3 unspecified atom stereocenters. The zero-order valence-corrected chi connectivity index (χ0v) is 16.7. The predicted molar refractivity (Wildman–Crippen MR) is 109 cm³/mol. The first-order valence-corrected chi connectivity index (χ1v) is 10.3. The third kappa shape index (κ3) is 2.87. The van der Waals surface area contributed by atoms with E-state index in [4.69, 9.17) is 4.74 Å². The van der Waals surface area contributed by atoms with Crippen LogP contribution in [-0.2, 0) is 14.3 Å². The highest BCUT2D eigenvalue weighted by Crippen LogP contribution is 2.47. The summed E-state index contributed by atoms with van der Waals surface area (Å²) in [7, 11) is 0. The number of Topliss-reactive ketones (excluding diaryl/α,β-unsaturated/α-hetero) is 1. The third-order valence-electron chi connectivity index (χ3n) is 6.30. The van der Waals surface area contributed by atoms with Crippen LogP contribution in [0.4, 0.5) is 5.82 Å². The molecule has 1 fully saturated rings. The summed E-state index contributed by atoms with van der Waals surface area (Å²) in [6.07, 6.45) is 5.25. The molecule has 5 rings (SSSR count). The van der Waals surface area contributed by atoms with Gasteiger partial charge in [-0.1, -0.05) is 36.2 Å². The van der Waals surface area contributed by atoms with Crippen LogP contribution in [0.1, 0.15) is 48.4 Å². The number of fused-ring (bicyclic) bond motifs is 1. The molecule has 0 spiro atoms. The number of amides is 1. The molecule has 3 atom stereocenters. The first-order chi connectivity index (χ1) is 14.0. The molecule has 0 N–H and O–H groups in total. The van der Waals surface area contributed by atoms with Gasteiger partial charge in [-0.05, 0) is 56.4 Å². The molecule has 3 heterocycles. The number of aromatic nitrogens is 1. The fraction of sp³-hybridized carbons (Fsp3) is 0.375. The van der Waals surface area contributed by atoms with Gasteiger partial charge in [0.2, 0.25) is 0 Å². The van der Waals surface area contributed by atoms with Gasteiger partial charge in [0, 0.05) is 6.20 Å². The SMILES string of the molecule is Cc1ccc(C2C3=C(OC4CCCCC4C3=O)C(=O)N2c2cc(C)ccn2)cc1. The minimum atomic E-state index is -0.497. The lowest BCUT2D eigenvalue weighted by Gasteiger charge is -2.35. The molecular formula is C24H24N2O3. The molecule has 1 aromatic carbocycles. The van der Waals surface area contributed by atoms with Gasteiger partial charge in [-0.15, -0.1) is 0 Å². The van der Waals surface area contributed by atoms with Crippen LogP contribution in [0.2, 0.25) is 0 Å². The normalized spacial score (nSPS) is 26.3. The molecule has 2 aliphatic heterocycles. The summed E-state index contributed by atoms with van der Waals surface area (Å²) in [5.41, 5.74) is 3.55. The van der Waals surface area contributed by atoms with E-state index in [0.717, 1.165) is 42.4 Å². The molecule has 29 heavy (non-hydrogen) atoms. The maximum atomic E-state index is 13.5. The van der Waals surface area contributed by atoms with E-state index in [0.29, 0.717) is 11.4 Å². The first-order valence-electron chi connectivity index (χ1n) is 10.3. The van der Waals surface area contributed by atoms with Gasteiger partial charge in [0.25, 0.3) is 5.91 Å². The van der Waals surface area contributed by atoms with Crippen molar-refractivity contribution in [1.29, 1.82) is 0 Å². The van der Waals surface area contributed by atoms with E-state index in [2.05, 4.69) is 4.98 Å². The number of rotatable bonds is 2. The summed E-state index contributed by atoms with van der Waals surface area (Å²) in [6, 6.07) is 11.3. The zero-order chi connectivity index (χ0) is 20.1. The molecule has 0 bridgehead atoms. The van der Waals surface area contributed by atoms with E-state index in [1.165, 1.54) is 0 Å². The number of carbonyl (C=O) groups excluding carboxylic acids is 2. The second kappa shape index (κ2) is 6.83. The third-order valence-corrected chi connectivity index (χ3v) is 6.30. The average Bonchev–Trinajstić information content (AvgIpc) is 3.02. The molecule has 1 amide bonds. The number of hydrogen-bond acceptors (Lipinski definition) is 4. The topological polar surface area (TPSA) is 59.5 Å². The number of benzene rings is 1. The van der Waals surface area contributed by atoms with Gasteiger partial charge in [-0.25, -0.2) is 4.98 Å². The molecule has 5 nitrogen and oxygen atoms in total. The van der Waals surface area contributed by atoms with E-state index >= 15 is 0 Å². The zero-order valence-electron chi connectivity index (χ0n) is 16.7. The summed E-state index contributed by atoms with van der Waals surface area (Å²) >= 11 is 0. The second-order valence-corrected chi connectivity index (χ2v) is 8.33. The van der Waals surface area contributed by atoms with Crippen molar-refractivity contribution < 1.29 is 14.3 Å². The number of pyridine rings is 1.